The third-order valence-corrected chi connectivity index (χ3v) is 10.9. The number of Topliss-reactive ketones (excluding diaryl/α,β-unsaturated/α-hetero) is 5. The molecule has 2 saturated carbocycles. The van der Waals surface area contributed by atoms with E-state index in [0.29, 0.717) is 17.5 Å². The second-order valence-corrected chi connectivity index (χ2v) is 15.3. The SMILES string of the molecule is CCc1cc(-c2ccc(C(C)(C)C)cc2)c2c(c1O)C(=O)C1C(=O)[C@@]3(O)C(=O)C(C(C)=O)C(=O)C(C(C)C)[C@@]3(C)C[C@@]1(C)C2. The first-order valence-electron chi connectivity index (χ1n) is 15.6. The van der Waals surface area contributed by atoms with Gasteiger partial charge < -0.3 is 10.2 Å². The Bertz CT molecular complexity index is 1620. The molecule has 0 aliphatic heterocycles. The number of benzene rings is 2. The molecular formula is C37H44O7. The zero-order chi connectivity index (χ0) is 32.9. The van der Waals surface area contributed by atoms with Gasteiger partial charge in [-0.25, -0.2) is 0 Å². The summed E-state index contributed by atoms with van der Waals surface area (Å²) in [5.74, 6) is -8.78. The van der Waals surface area contributed by atoms with Crippen LogP contribution in [0.1, 0.15) is 95.8 Å². The molecule has 0 aromatic heterocycles. The average molecular weight is 601 g/mol. The van der Waals surface area contributed by atoms with E-state index in [-0.39, 0.29) is 35.5 Å². The molecule has 2 aromatic carbocycles. The molecule has 7 nitrogen and oxygen atoms in total. The molecule has 0 heterocycles. The van der Waals surface area contributed by atoms with Gasteiger partial charge in [-0.15, -0.1) is 0 Å². The molecule has 0 amide bonds. The van der Waals surface area contributed by atoms with E-state index in [1.165, 1.54) is 0 Å². The lowest BCUT2D eigenvalue weighted by Crippen LogP contribution is -2.76. The molecule has 0 saturated heterocycles. The van der Waals surface area contributed by atoms with E-state index in [9.17, 15) is 34.2 Å². The summed E-state index contributed by atoms with van der Waals surface area (Å²) in [5.41, 5.74) is -1.35. The Balaban J connectivity index is 1.75. The molecule has 2 N–H and O–H groups in total. The van der Waals surface area contributed by atoms with Crippen LogP contribution in [0.25, 0.3) is 11.1 Å². The summed E-state index contributed by atoms with van der Waals surface area (Å²) in [6.07, 6.45) is 0.684. The quantitative estimate of drug-likeness (QED) is 0.436. The zero-order valence-electron chi connectivity index (χ0n) is 27.3. The molecule has 3 aliphatic rings. The Hall–Kier alpha value is -3.45. The maximum Gasteiger partial charge on any atom is 0.190 e. The van der Waals surface area contributed by atoms with Crippen molar-refractivity contribution in [1.82, 2.24) is 0 Å². The number of rotatable bonds is 4. The molecule has 234 valence electrons. The largest absolute Gasteiger partial charge is 0.507 e. The van der Waals surface area contributed by atoms with Crippen molar-refractivity contribution in [3.8, 4) is 16.9 Å². The van der Waals surface area contributed by atoms with Gasteiger partial charge in [0.25, 0.3) is 0 Å². The van der Waals surface area contributed by atoms with Gasteiger partial charge in [0.2, 0.25) is 0 Å². The normalized spacial score (nSPS) is 31.9. The molecule has 0 bridgehead atoms. The molecule has 3 aliphatic carbocycles. The van der Waals surface area contributed by atoms with Gasteiger partial charge in [0.05, 0.1) is 11.5 Å². The van der Waals surface area contributed by atoms with E-state index in [0.717, 1.165) is 23.6 Å². The zero-order valence-corrected chi connectivity index (χ0v) is 27.3. The summed E-state index contributed by atoms with van der Waals surface area (Å²) in [5, 5.41) is 23.6. The van der Waals surface area contributed by atoms with Crippen molar-refractivity contribution in [2.75, 3.05) is 0 Å². The maximum absolute atomic E-state index is 14.6. The van der Waals surface area contributed by atoms with Gasteiger partial charge >= 0.3 is 0 Å². The lowest BCUT2D eigenvalue weighted by Gasteiger charge is -2.62. The van der Waals surface area contributed by atoms with E-state index >= 15 is 0 Å². The lowest BCUT2D eigenvalue weighted by molar-refractivity contribution is -0.205. The Morgan fingerprint density at radius 1 is 1.02 bits per heavy atom. The summed E-state index contributed by atoms with van der Waals surface area (Å²) < 4.78 is 0. The minimum atomic E-state index is -2.70. The van der Waals surface area contributed by atoms with Gasteiger partial charge in [-0.05, 0) is 76.8 Å². The highest BCUT2D eigenvalue weighted by atomic mass is 16.3. The monoisotopic (exact) mass is 600 g/mol. The van der Waals surface area contributed by atoms with Gasteiger partial charge in [-0.3, -0.25) is 24.0 Å². The molecular weight excluding hydrogens is 556 g/mol. The summed E-state index contributed by atoms with van der Waals surface area (Å²) in [6.45, 7) is 16.3. The fraction of sp³-hybridized carbons (Fsp3) is 0.541. The molecule has 0 radical (unpaired) electrons. The standard InChI is InChI=1S/C37H44O7/c1-10-20-15-23(21-11-13-22(14-12-21)34(5,6)7)24-16-35(8)17-36(9)27(18(2)3)30(40)25(19(4)38)32(42)37(36,44)33(43)28(35)31(41)26(24)29(20)39/h11-15,18,25,27-28,39,44H,10,16-17H2,1-9H3/t25?,27?,28?,35-,36-,37+/m1/s1. The highest BCUT2D eigenvalue weighted by Crippen LogP contribution is 2.64. The van der Waals surface area contributed by atoms with E-state index in [1.54, 1.807) is 20.8 Å². The second kappa shape index (κ2) is 10.0. The van der Waals surface area contributed by atoms with Crippen LogP contribution in [0, 0.1) is 34.5 Å². The number of aliphatic hydroxyl groups is 1. The van der Waals surface area contributed by atoms with Crippen LogP contribution in [0.5, 0.6) is 5.75 Å². The molecule has 2 aromatic rings. The number of phenols is 1. The third kappa shape index (κ3) is 4.14. The first-order chi connectivity index (χ1) is 20.3. The fourth-order valence-corrected chi connectivity index (χ4v) is 8.94. The average Bonchev–Trinajstić information content (AvgIpc) is 2.90. The van der Waals surface area contributed by atoms with Crippen LogP contribution in [0.2, 0.25) is 0 Å². The van der Waals surface area contributed by atoms with Crippen LogP contribution in [0.4, 0.5) is 0 Å². The van der Waals surface area contributed by atoms with Crippen LogP contribution in [0.3, 0.4) is 0 Å². The van der Waals surface area contributed by atoms with Crippen molar-refractivity contribution in [3.05, 3.63) is 52.6 Å². The van der Waals surface area contributed by atoms with Crippen LogP contribution in [0.15, 0.2) is 30.3 Å². The predicted octanol–water partition coefficient (Wildman–Crippen LogP) is 5.62. The van der Waals surface area contributed by atoms with Crippen molar-refractivity contribution in [2.24, 2.45) is 34.5 Å². The van der Waals surface area contributed by atoms with Crippen LogP contribution in [-0.2, 0) is 37.4 Å². The smallest absolute Gasteiger partial charge is 0.190 e. The minimum Gasteiger partial charge on any atom is -0.507 e. The van der Waals surface area contributed by atoms with E-state index in [2.05, 4.69) is 32.9 Å². The molecule has 7 heteroatoms. The maximum atomic E-state index is 14.6. The summed E-state index contributed by atoms with van der Waals surface area (Å²) in [6, 6.07) is 10.0. The van der Waals surface area contributed by atoms with Gasteiger partial charge in [-0.2, -0.15) is 0 Å². The molecule has 0 spiro atoms. The highest BCUT2D eigenvalue weighted by molar-refractivity contribution is 6.32. The Kier molecular flexibility index (Phi) is 7.29. The number of ketones is 5. The van der Waals surface area contributed by atoms with Crippen LogP contribution >= 0.6 is 0 Å². The van der Waals surface area contributed by atoms with Crippen molar-refractivity contribution in [2.45, 2.75) is 92.6 Å². The van der Waals surface area contributed by atoms with Gasteiger partial charge in [0.1, 0.15) is 17.5 Å². The number of hydrogen-bond acceptors (Lipinski definition) is 7. The molecule has 3 unspecified atom stereocenters. The highest BCUT2D eigenvalue weighted by Gasteiger charge is 2.76. The summed E-state index contributed by atoms with van der Waals surface area (Å²) in [4.78, 5) is 69.3. The Morgan fingerprint density at radius 2 is 1.61 bits per heavy atom. The van der Waals surface area contributed by atoms with Crippen molar-refractivity contribution >= 4 is 28.9 Å². The molecule has 6 atom stereocenters. The van der Waals surface area contributed by atoms with E-state index in [1.807, 2.05) is 32.0 Å². The Labute approximate surface area is 259 Å². The van der Waals surface area contributed by atoms with Crippen molar-refractivity contribution in [1.29, 1.82) is 0 Å². The molecule has 5 rings (SSSR count). The first kappa shape index (κ1) is 32.0. The van der Waals surface area contributed by atoms with E-state index < -0.39 is 63.1 Å². The lowest BCUT2D eigenvalue weighted by atomic mass is 9.39. The number of carbonyl (C=O) groups is 5. The van der Waals surface area contributed by atoms with Crippen molar-refractivity contribution < 1.29 is 34.2 Å². The molecule has 44 heavy (non-hydrogen) atoms. The van der Waals surface area contributed by atoms with Gasteiger partial charge in [-0.1, -0.05) is 79.7 Å². The van der Waals surface area contributed by atoms with Crippen LogP contribution < -0.4 is 0 Å². The second-order valence-electron chi connectivity index (χ2n) is 15.3. The number of phenolic OH excluding ortho intramolecular Hbond substituents is 1. The minimum absolute atomic E-state index is 0.0295. The number of fused-ring (bicyclic) bond motifs is 3. The van der Waals surface area contributed by atoms with E-state index in [4.69, 9.17) is 0 Å². The Morgan fingerprint density at radius 3 is 2.11 bits per heavy atom. The number of aryl methyl sites for hydroxylation is 1. The fourth-order valence-electron chi connectivity index (χ4n) is 8.94. The van der Waals surface area contributed by atoms with Gasteiger partial charge in [0, 0.05) is 11.3 Å². The third-order valence-electron chi connectivity index (χ3n) is 10.9. The van der Waals surface area contributed by atoms with Gasteiger partial charge in [0.15, 0.2) is 28.7 Å². The topological polar surface area (TPSA) is 126 Å². The number of carbonyl (C=O) groups excluding carboxylic acids is 5. The number of hydrogen-bond donors (Lipinski definition) is 2. The summed E-state index contributed by atoms with van der Waals surface area (Å²) in [7, 11) is 0. The molecule has 2 fully saturated rings. The first-order valence-corrected chi connectivity index (χ1v) is 15.6. The van der Waals surface area contributed by atoms with Crippen LogP contribution in [-0.4, -0.2) is 44.7 Å². The number of aromatic hydroxyl groups is 1. The predicted molar refractivity (Wildman–Crippen MR) is 166 cm³/mol. The van der Waals surface area contributed by atoms with Crippen molar-refractivity contribution in [3.63, 3.8) is 0 Å². The summed E-state index contributed by atoms with van der Waals surface area (Å²) >= 11 is 0.